The van der Waals surface area contributed by atoms with Crippen LogP contribution in [0.1, 0.15) is 66.7 Å². The molecule has 12 heteroatoms. The summed E-state index contributed by atoms with van der Waals surface area (Å²) in [6.45, 7) is 10.6. The van der Waals surface area contributed by atoms with Crippen LogP contribution >= 0.6 is 34.8 Å². The number of carbonyl (C=O) groups excluding carboxylic acids is 3. The largest absolute Gasteiger partial charge is 0.489 e. The number of halogens is 3. The molecule has 1 aromatic carbocycles. The maximum atomic E-state index is 12.3. The molecule has 0 unspecified atom stereocenters. The molecule has 0 aliphatic rings. The smallest absolute Gasteiger partial charge is 0.329 e. The molecule has 2 rings (SSSR count). The molecule has 0 radical (unpaired) electrons. The number of ether oxygens (including phenoxy) is 3. The van der Waals surface area contributed by atoms with E-state index in [0.717, 1.165) is 6.42 Å². The standard InChI is InChI=1S/C15H16Cl3N3O2.C12H22O4/c1-2-4-20(15(22)21-5-3-19-10-21)6-7-23-14-12(17)8-11(16)9-13(14)18;1-9(2)15-11(13)7-5-6-8-12(14)16-10(3)4/h3,5,8-10H,2,4,6-7H2,1H3;9-10H,5-8H2,1-4H3. The van der Waals surface area contributed by atoms with E-state index in [1.807, 2.05) is 34.6 Å². The molecule has 1 aromatic heterocycles. The average Bonchev–Trinajstić information content (AvgIpc) is 3.37. The van der Waals surface area contributed by atoms with E-state index < -0.39 is 0 Å². The van der Waals surface area contributed by atoms with Gasteiger partial charge < -0.3 is 19.1 Å². The van der Waals surface area contributed by atoms with Crippen LogP contribution in [0.15, 0.2) is 30.9 Å². The first kappa shape index (κ1) is 34.5. The second kappa shape index (κ2) is 18.7. The lowest BCUT2D eigenvalue weighted by atomic mass is 10.2. The molecule has 9 nitrogen and oxygen atoms in total. The van der Waals surface area contributed by atoms with Crippen molar-refractivity contribution in [1.82, 2.24) is 14.5 Å². The summed E-state index contributed by atoms with van der Waals surface area (Å²) in [7, 11) is 0. The van der Waals surface area contributed by atoms with Gasteiger partial charge in [0.1, 0.15) is 12.9 Å². The molecule has 39 heavy (non-hydrogen) atoms. The van der Waals surface area contributed by atoms with Crippen molar-refractivity contribution < 1.29 is 28.6 Å². The summed E-state index contributed by atoms with van der Waals surface area (Å²) in [6.07, 6.45) is 7.40. The molecule has 0 spiro atoms. The van der Waals surface area contributed by atoms with Crippen molar-refractivity contribution in [2.45, 2.75) is 78.9 Å². The number of nitrogens with zero attached hydrogens (tertiary/aromatic N) is 3. The van der Waals surface area contributed by atoms with Gasteiger partial charge in [-0.3, -0.25) is 14.2 Å². The lowest BCUT2D eigenvalue weighted by molar-refractivity contribution is -0.149. The van der Waals surface area contributed by atoms with Gasteiger partial charge in [-0.1, -0.05) is 41.7 Å². The van der Waals surface area contributed by atoms with Gasteiger partial charge in [0, 0.05) is 36.8 Å². The summed E-state index contributed by atoms with van der Waals surface area (Å²) < 4.78 is 17.0. The fourth-order valence-corrected chi connectivity index (χ4v) is 4.14. The first-order valence-electron chi connectivity index (χ1n) is 12.9. The number of hydrogen-bond donors (Lipinski definition) is 0. The van der Waals surface area contributed by atoms with Crippen LogP contribution in [0.4, 0.5) is 4.79 Å². The van der Waals surface area contributed by atoms with Crippen LogP contribution in [-0.2, 0) is 19.1 Å². The van der Waals surface area contributed by atoms with E-state index in [4.69, 9.17) is 49.0 Å². The third kappa shape index (κ3) is 14.5. The number of rotatable bonds is 13. The van der Waals surface area contributed by atoms with Gasteiger partial charge in [-0.2, -0.15) is 0 Å². The van der Waals surface area contributed by atoms with Gasteiger partial charge in [0.25, 0.3) is 0 Å². The van der Waals surface area contributed by atoms with E-state index in [2.05, 4.69) is 4.98 Å². The van der Waals surface area contributed by atoms with E-state index >= 15 is 0 Å². The Balaban J connectivity index is 0.000000420. The highest BCUT2D eigenvalue weighted by atomic mass is 35.5. The highest BCUT2D eigenvalue weighted by Crippen LogP contribution is 2.35. The number of aromatic nitrogens is 2. The maximum Gasteiger partial charge on any atom is 0.329 e. The molecule has 1 heterocycles. The first-order chi connectivity index (χ1) is 18.4. The zero-order chi connectivity index (χ0) is 29.4. The van der Waals surface area contributed by atoms with Gasteiger partial charge in [0.05, 0.1) is 28.8 Å². The summed E-state index contributed by atoms with van der Waals surface area (Å²) in [5.74, 6) is -0.0382. The molecule has 0 fully saturated rings. The van der Waals surface area contributed by atoms with Crippen molar-refractivity contribution in [2.24, 2.45) is 0 Å². The number of hydrogen-bond acceptors (Lipinski definition) is 7. The number of amides is 1. The Morgan fingerprint density at radius 3 is 1.90 bits per heavy atom. The van der Waals surface area contributed by atoms with Gasteiger partial charge in [-0.05, 0) is 59.1 Å². The fraction of sp³-hybridized carbons (Fsp3) is 0.556. The summed E-state index contributed by atoms with van der Waals surface area (Å²) in [6, 6.07) is 2.97. The normalized spacial score (nSPS) is 10.6. The van der Waals surface area contributed by atoms with Crippen LogP contribution in [0.5, 0.6) is 5.75 Å². The van der Waals surface area contributed by atoms with Crippen LogP contribution in [-0.4, -0.2) is 64.3 Å². The predicted octanol–water partition coefficient (Wildman–Crippen LogP) is 7.05. The van der Waals surface area contributed by atoms with Crippen molar-refractivity contribution >= 4 is 52.8 Å². The SMILES string of the molecule is CC(C)OC(=O)CCCCC(=O)OC(C)C.CCCN(CCOc1c(Cl)cc(Cl)cc1Cl)C(=O)n1ccnc1. The highest BCUT2D eigenvalue weighted by molar-refractivity contribution is 6.40. The van der Waals surface area contributed by atoms with Crippen LogP contribution in [0, 0.1) is 0 Å². The minimum atomic E-state index is -0.202. The van der Waals surface area contributed by atoms with E-state index in [9.17, 15) is 14.4 Å². The molecular formula is C27H38Cl3N3O6. The van der Waals surface area contributed by atoms with Crippen LogP contribution < -0.4 is 4.74 Å². The van der Waals surface area contributed by atoms with Crippen molar-refractivity contribution in [3.05, 3.63) is 45.9 Å². The summed E-state index contributed by atoms with van der Waals surface area (Å²) in [4.78, 5) is 40.2. The number of imidazole rings is 1. The van der Waals surface area contributed by atoms with Crippen LogP contribution in [0.25, 0.3) is 0 Å². The molecule has 0 atom stereocenters. The quantitative estimate of drug-likeness (QED) is 0.178. The molecule has 0 aliphatic carbocycles. The van der Waals surface area contributed by atoms with Crippen molar-refractivity contribution in [1.29, 1.82) is 0 Å². The molecule has 0 saturated carbocycles. The van der Waals surface area contributed by atoms with Crippen LogP contribution in [0.2, 0.25) is 15.1 Å². The number of unbranched alkanes of at least 4 members (excludes halogenated alkanes) is 1. The van der Waals surface area contributed by atoms with Crippen molar-refractivity contribution in [2.75, 3.05) is 19.7 Å². The van der Waals surface area contributed by atoms with Gasteiger partial charge >= 0.3 is 18.0 Å². The zero-order valence-corrected chi connectivity index (χ0v) is 25.4. The summed E-state index contributed by atoms with van der Waals surface area (Å²) in [5, 5.41) is 1.12. The third-order valence-electron chi connectivity index (χ3n) is 4.81. The van der Waals surface area contributed by atoms with E-state index in [-0.39, 0.29) is 36.8 Å². The van der Waals surface area contributed by atoms with Crippen molar-refractivity contribution in [3.8, 4) is 5.75 Å². The maximum absolute atomic E-state index is 12.3. The summed E-state index contributed by atoms with van der Waals surface area (Å²) in [5.41, 5.74) is 0. The Kier molecular flexibility index (Phi) is 16.6. The average molecular weight is 607 g/mol. The minimum absolute atomic E-state index is 0.0709. The molecule has 2 aromatic rings. The second-order valence-corrected chi connectivity index (χ2v) is 10.3. The Bertz CT molecular complexity index is 985. The van der Waals surface area contributed by atoms with Gasteiger partial charge in [-0.15, -0.1) is 0 Å². The molecule has 0 aliphatic heterocycles. The van der Waals surface area contributed by atoms with Gasteiger partial charge in [-0.25, -0.2) is 9.78 Å². The predicted molar refractivity (Wildman–Crippen MR) is 153 cm³/mol. The molecule has 0 bridgehead atoms. The first-order valence-corrected chi connectivity index (χ1v) is 14.0. The molecule has 218 valence electrons. The van der Waals surface area contributed by atoms with Gasteiger partial charge in [0.2, 0.25) is 0 Å². The Morgan fingerprint density at radius 1 is 0.923 bits per heavy atom. The minimum Gasteiger partial charge on any atom is -0.489 e. The van der Waals surface area contributed by atoms with Crippen LogP contribution in [0.3, 0.4) is 0 Å². The zero-order valence-electron chi connectivity index (χ0n) is 23.1. The lowest BCUT2D eigenvalue weighted by Gasteiger charge is -2.22. The third-order valence-corrected chi connectivity index (χ3v) is 5.59. The molecule has 0 N–H and O–H groups in total. The lowest BCUT2D eigenvalue weighted by Crippen LogP contribution is -2.37. The monoisotopic (exact) mass is 605 g/mol. The Hall–Kier alpha value is -2.49. The topological polar surface area (TPSA) is 100.0 Å². The molecule has 0 saturated heterocycles. The van der Waals surface area contributed by atoms with Gasteiger partial charge in [0.15, 0.2) is 5.75 Å². The second-order valence-electron chi connectivity index (χ2n) is 9.07. The van der Waals surface area contributed by atoms with E-state index in [1.54, 1.807) is 29.4 Å². The number of esters is 2. The molecular weight excluding hydrogens is 569 g/mol. The number of benzene rings is 1. The fourth-order valence-electron chi connectivity index (χ4n) is 3.22. The molecule has 1 amide bonds. The Morgan fingerprint density at radius 2 is 1.46 bits per heavy atom. The number of carbonyl (C=O) groups is 3. The highest BCUT2D eigenvalue weighted by Gasteiger charge is 2.16. The van der Waals surface area contributed by atoms with Crippen molar-refractivity contribution in [3.63, 3.8) is 0 Å². The van der Waals surface area contributed by atoms with E-state index in [0.29, 0.717) is 59.6 Å². The summed E-state index contributed by atoms with van der Waals surface area (Å²) >= 11 is 18.0. The Labute approximate surface area is 245 Å². The van der Waals surface area contributed by atoms with E-state index in [1.165, 1.54) is 10.9 Å².